The van der Waals surface area contributed by atoms with Gasteiger partial charge in [-0.15, -0.1) is 0 Å². The number of halogens is 2. The minimum atomic E-state index is -2.43. The SMILES string of the molecule is Nc1nsc(N(CCO)CC(F)F)c1C1CC1. The number of rotatable bonds is 6. The van der Waals surface area contributed by atoms with Crippen LogP contribution in [0.5, 0.6) is 0 Å². The molecular weight excluding hydrogens is 248 g/mol. The molecule has 0 saturated heterocycles. The maximum atomic E-state index is 12.5. The Kier molecular flexibility index (Phi) is 3.78. The summed E-state index contributed by atoms with van der Waals surface area (Å²) in [5.74, 6) is 0.812. The van der Waals surface area contributed by atoms with Gasteiger partial charge in [0.25, 0.3) is 6.43 Å². The molecule has 1 aliphatic rings. The third-order valence-corrected chi connectivity index (χ3v) is 3.68. The smallest absolute Gasteiger partial charge is 0.255 e. The van der Waals surface area contributed by atoms with Gasteiger partial charge in [-0.05, 0) is 30.3 Å². The predicted molar refractivity (Wildman–Crippen MR) is 63.8 cm³/mol. The molecule has 1 heterocycles. The van der Waals surface area contributed by atoms with E-state index in [-0.39, 0.29) is 19.7 Å². The second-order valence-electron chi connectivity index (χ2n) is 4.12. The van der Waals surface area contributed by atoms with E-state index < -0.39 is 6.43 Å². The summed E-state index contributed by atoms with van der Waals surface area (Å²) in [4.78, 5) is 1.48. The van der Waals surface area contributed by atoms with Crippen LogP contribution in [-0.2, 0) is 0 Å². The highest BCUT2D eigenvalue weighted by molar-refractivity contribution is 7.10. The summed E-state index contributed by atoms with van der Waals surface area (Å²) in [7, 11) is 0. The van der Waals surface area contributed by atoms with Crippen LogP contribution in [0.1, 0.15) is 24.3 Å². The van der Waals surface area contributed by atoms with Gasteiger partial charge >= 0.3 is 0 Å². The van der Waals surface area contributed by atoms with E-state index in [4.69, 9.17) is 10.8 Å². The third-order valence-electron chi connectivity index (χ3n) is 2.74. The first-order valence-electron chi connectivity index (χ1n) is 5.52. The summed E-state index contributed by atoms with van der Waals surface area (Å²) in [5.41, 5.74) is 6.66. The second kappa shape index (κ2) is 5.14. The highest BCUT2D eigenvalue weighted by atomic mass is 32.1. The van der Waals surface area contributed by atoms with E-state index in [1.165, 1.54) is 4.90 Å². The second-order valence-corrected chi connectivity index (χ2v) is 4.87. The molecule has 0 aliphatic heterocycles. The minimum Gasteiger partial charge on any atom is -0.395 e. The Balaban J connectivity index is 2.22. The third kappa shape index (κ3) is 2.84. The molecule has 2 rings (SSSR count). The fourth-order valence-corrected chi connectivity index (χ4v) is 2.78. The molecule has 3 N–H and O–H groups in total. The van der Waals surface area contributed by atoms with Gasteiger partial charge in [-0.1, -0.05) is 0 Å². The average molecular weight is 263 g/mol. The van der Waals surface area contributed by atoms with Gasteiger partial charge in [0.15, 0.2) is 0 Å². The van der Waals surface area contributed by atoms with Crippen molar-refractivity contribution in [3.8, 4) is 0 Å². The maximum Gasteiger partial charge on any atom is 0.255 e. The largest absolute Gasteiger partial charge is 0.395 e. The topological polar surface area (TPSA) is 62.4 Å². The lowest BCUT2D eigenvalue weighted by Crippen LogP contribution is -2.31. The van der Waals surface area contributed by atoms with E-state index in [2.05, 4.69) is 4.37 Å². The summed E-state index contributed by atoms with van der Waals surface area (Å²) in [6, 6.07) is 0. The normalized spacial score (nSPS) is 15.5. The molecule has 0 bridgehead atoms. The van der Waals surface area contributed by atoms with Crippen molar-refractivity contribution in [1.29, 1.82) is 0 Å². The van der Waals surface area contributed by atoms with Gasteiger partial charge in [-0.3, -0.25) is 0 Å². The Morgan fingerprint density at radius 2 is 2.24 bits per heavy atom. The molecule has 4 nitrogen and oxygen atoms in total. The molecule has 0 atom stereocenters. The van der Waals surface area contributed by atoms with Gasteiger partial charge in [-0.2, -0.15) is 4.37 Å². The zero-order valence-corrected chi connectivity index (χ0v) is 10.1. The van der Waals surface area contributed by atoms with Crippen molar-refractivity contribution >= 4 is 22.4 Å². The average Bonchev–Trinajstić information content (AvgIpc) is 3.01. The minimum absolute atomic E-state index is 0.158. The van der Waals surface area contributed by atoms with E-state index in [0.29, 0.717) is 16.7 Å². The van der Waals surface area contributed by atoms with E-state index in [1.54, 1.807) is 0 Å². The van der Waals surface area contributed by atoms with Crippen LogP contribution in [0, 0.1) is 0 Å². The van der Waals surface area contributed by atoms with Crippen LogP contribution >= 0.6 is 11.5 Å². The van der Waals surface area contributed by atoms with Gasteiger partial charge in [0, 0.05) is 12.1 Å². The number of hydrogen-bond acceptors (Lipinski definition) is 5. The van der Waals surface area contributed by atoms with E-state index in [1.807, 2.05) is 0 Å². The number of alkyl halides is 2. The monoisotopic (exact) mass is 263 g/mol. The Hall–Kier alpha value is -0.950. The number of aromatic nitrogens is 1. The van der Waals surface area contributed by atoms with Crippen LogP contribution in [0.15, 0.2) is 0 Å². The molecule has 17 heavy (non-hydrogen) atoms. The van der Waals surface area contributed by atoms with Crippen LogP contribution in [0.25, 0.3) is 0 Å². The Morgan fingerprint density at radius 1 is 1.53 bits per heavy atom. The standard InChI is InChI=1S/C10H15F2N3OS/c11-7(12)5-15(3-4-16)10-8(6-1-2-6)9(13)14-17-10/h6-7,16H,1-5H2,(H2,13,14). The maximum absolute atomic E-state index is 12.5. The molecule has 1 aliphatic carbocycles. The number of nitrogens with two attached hydrogens (primary N) is 1. The van der Waals surface area contributed by atoms with Gasteiger partial charge in [-0.25, -0.2) is 8.78 Å². The first-order valence-corrected chi connectivity index (χ1v) is 6.29. The summed E-state index contributed by atoms with van der Waals surface area (Å²) in [5, 5.41) is 9.62. The van der Waals surface area contributed by atoms with Crippen molar-refractivity contribution in [2.45, 2.75) is 25.2 Å². The number of anilines is 2. The zero-order valence-electron chi connectivity index (χ0n) is 9.27. The van der Waals surface area contributed by atoms with E-state index >= 15 is 0 Å². The zero-order chi connectivity index (χ0) is 12.4. The molecule has 1 saturated carbocycles. The Bertz CT molecular complexity index is 382. The molecule has 1 aromatic rings. The first-order chi connectivity index (χ1) is 8.13. The number of nitrogen functional groups attached to an aromatic ring is 1. The first kappa shape index (κ1) is 12.5. The highest BCUT2D eigenvalue weighted by Crippen LogP contribution is 2.48. The lowest BCUT2D eigenvalue weighted by Gasteiger charge is -2.22. The molecule has 0 aromatic carbocycles. The molecule has 0 spiro atoms. The quantitative estimate of drug-likeness (QED) is 0.819. The van der Waals surface area contributed by atoms with Crippen molar-refractivity contribution in [3.63, 3.8) is 0 Å². The van der Waals surface area contributed by atoms with Gasteiger partial charge < -0.3 is 15.7 Å². The van der Waals surface area contributed by atoms with Crippen LogP contribution in [0.3, 0.4) is 0 Å². The fraction of sp³-hybridized carbons (Fsp3) is 0.700. The molecule has 1 fully saturated rings. The Morgan fingerprint density at radius 3 is 2.76 bits per heavy atom. The van der Waals surface area contributed by atoms with Crippen molar-refractivity contribution in [3.05, 3.63) is 5.56 Å². The number of aliphatic hydroxyl groups is 1. The number of aliphatic hydroxyl groups excluding tert-OH is 1. The molecule has 0 radical (unpaired) electrons. The van der Waals surface area contributed by atoms with E-state index in [0.717, 1.165) is 29.9 Å². The summed E-state index contributed by atoms with van der Waals surface area (Å²) >= 11 is 1.14. The van der Waals surface area contributed by atoms with Crippen molar-refractivity contribution in [2.24, 2.45) is 0 Å². The van der Waals surface area contributed by atoms with Crippen LogP contribution < -0.4 is 10.6 Å². The summed E-state index contributed by atoms with van der Waals surface area (Å²) in [6.07, 6.45) is -0.356. The van der Waals surface area contributed by atoms with Gasteiger partial charge in [0.1, 0.15) is 10.8 Å². The lowest BCUT2D eigenvalue weighted by molar-refractivity contribution is 0.153. The van der Waals surface area contributed by atoms with E-state index in [9.17, 15) is 8.78 Å². The molecular formula is C10H15F2N3OS. The van der Waals surface area contributed by atoms with Gasteiger partial charge in [0.05, 0.1) is 13.2 Å². The number of hydrogen-bond donors (Lipinski definition) is 2. The van der Waals surface area contributed by atoms with Crippen LogP contribution in [0.2, 0.25) is 0 Å². The summed E-state index contributed by atoms with van der Waals surface area (Å²) in [6.45, 7) is -0.359. The van der Waals surface area contributed by atoms with Crippen molar-refractivity contribution in [1.82, 2.24) is 4.37 Å². The molecule has 96 valence electrons. The van der Waals surface area contributed by atoms with Crippen molar-refractivity contribution in [2.75, 3.05) is 30.3 Å². The fourth-order valence-electron chi connectivity index (χ4n) is 1.85. The lowest BCUT2D eigenvalue weighted by atomic mass is 10.2. The number of nitrogens with zero attached hydrogens (tertiary/aromatic N) is 2. The summed E-state index contributed by atoms with van der Waals surface area (Å²) < 4.78 is 29.0. The highest BCUT2D eigenvalue weighted by Gasteiger charge is 2.32. The van der Waals surface area contributed by atoms with Crippen molar-refractivity contribution < 1.29 is 13.9 Å². The molecule has 1 aromatic heterocycles. The van der Waals surface area contributed by atoms with Crippen LogP contribution in [-0.4, -0.2) is 35.6 Å². The van der Waals surface area contributed by atoms with Crippen LogP contribution in [0.4, 0.5) is 19.6 Å². The molecule has 7 heteroatoms. The molecule has 0 unspecified atom stereocenters. The molecule has 0 amide bonds. The predicted octanol–water partition coefficient (Wildman–Crippen LogP) is 1.67. The Labute approximate surface area is 102 Å². The van der Waals surface area contributed by atoms with Gasteiger partial charge in [0.2, 0.25) is 0 Å².